The van der Waals surface area contributed by atoms with Gasteiger partial charge in [-0.2, -0.15) is 0 Å². The van der Waals surface area contributed by atoms with Gasteiger partial charge >= 0.3 is 0 Å². The average molecular weight is 296 g/mol. The van der Waals surface area contributed by atoms with Crippen molar-refractivity contribution in [3.05, 3.63) is 58.7 Å². The van der Waals surface area contributed by atoms with Gasteiger partial charge in [-0.15, -0.1) is 0 Å². The van der Waals surface area contributed by atoms with E-state index in [9.17, 15) is 15.3 Å². The predicted octanol–water partition coefficient (Wildman–Crippen LogP) is 3.04. The normalized spacial score (nSPS) is 28.8. The molecule has 2 aromatic rings. The molecule has 2 unspecified atom stereocenters. The number of fused-ring (bicyclic) bond motifs is 2. The molecule has 2 atom stereocenters. The number of hydrogen-bond acceptors (Lipinski definition) is 3. The van der Waals surface area contributed by atoms with Crippen molar-refractivity contribution in [3.63, 3.8) is 0 Å². The smallest absolute Gasteiger partial charge is 0.115 e. The summed E-state index contributed by atoms with van der Waals surface area (Å²) in [6, 6.07) is 10.9. The summed E-state index contributed by atoms with van der Waals surface area (Å²) < 4.78 is 0. The van der Waals surface area contributed by atoms with Gasteiger partial charge in [-0.05, 0) is 72.2 Å². The highest BCUT2D eigenvalue weighted by molar-refractivity contribution is 5.50. The summed E-state index contributed by atoms with van der Waals surface area (Å²) in [5.74, 6) is 0.486. The van der Waals surface area contributed by atoms with Crippen molar-refractivity contribution in [3.8, 4) is 11.5 Å². The summed E-state index contributed by atoms with van der Waals surface area (Å²) in [7, 11) is 0. The Morgan fingerprint density at radius 1 is 0.864 bits per heavy atom. The van der Waals surface area contributed by atoms with Crippen molar-refractivity contribution in [2.24, 2.45) is 5.41 Å². The number of phenols is 2. The highest BCUT2D eigenvalue weighted by atomic mass is 16.3. The third-order valence-electron chi connectivity index (χ3n) is 5.70. The molecule has 3 N–H and O–H groups in total. The third kappa shape index (κ3) is 1.60. The minimum absolute atomic E-state index is 0.204. The average Bonchev–Trinajstić information content (AvgIpc) is 2.96. The molecule has 2 aliphatic rings. The van der Waals surface area contributed by atoms with Crippen LogP contribution in [0.2, 0.25) is 0 Å². The van der Waals surface area contributed by atoms with E-state index in [1.54, 1.807) is 18.2 Å². The van der Waals surface area contributed by atoms with Crippen LogP contribution in [-0.4, -0.2) is 15.3 Å². The van der Waals surface area contributed by atoms with Gasteiger partial charge in [0.25, 0.3) is 0 Å². The van der Waals surface area contributed by atoms with E-state index in [0.717, 1.165) is 36.0 Å². The number of phenolic OH excluding ortho intramolecular Hbond substituents is 2. The first-order valence-electron chi connectivity index (χ1n) is 7.83. The Kier molecular flexibility index (Phi) is 2.64. The van der Waals surface area contributed by atoms with E-state index in [4.69, 9.17) is 0 Å². The second-order valence-corrected chi connectivity index (χ2v) is 6.82. The Balaban J connectivity index is 1.85. The molecule has 114 valence electrons. The summed E-state index contributed by atoms with van der Waals surface area (Å²) in [5, 5.41) is 31.0. The quantitative estimate of drug-likeness (QED) is 0.758. The molecule has 1 spiro atoms. The van der Waals surface area contributed by atoms with Crippen LogP contribution < -0.4 is 0 Å². The molecule has 22 heavy (non-hydrogen) atoms. The summed E-state index contributed by atoms with van der Waals surface area (Å²) in [5.41, 5.74) is 3.13. The first kappa shape index (κ1) is 13.6. The molecule has 3 heteroatoms. The van der Waals surface area contributed by atoms with Crippen LogP contribution in [0.4, 0.5) is 0 Å². The number of rotatable bonds is 1. The van der Waals surface area contributed by atoms with Crippen LogP contribution in [0.1, 0.15) is 35.6 Å². The number of benzene rings is 2. The van der Waals surface area contributed by atoms with Crippen molar-refractivity contribution < 1.29 is 15.3 Å². The lowest BCUT2D eigenvalue weighted by atomic mass is 9.69. The monoisotopic (exact) mass is 296 g/mol. The fourth-order valence-corrected chi connectivity index (χ4v) is 4.62. The van der Waals surface area contributed by atoms with Gasteiger partial charge in [0.1, 0.15) is 11.5 Å². The van der Waals surface area contributed by atoms with Gasteiger partial charge in [-0.3, -0.25) is 0 Å². The SMILES string of the molecule is CCC1(O)c2cc(O)ccc2CC12Cc1ccc(O)cc1C2. The van der Waals surface area contributed by atoms with Crippen molar-refractivity contribution in [2.75, 3.05) is 0 Å². The fourth-order valence-electron chi connectivity index (χ4n) is 4.62. The second kappa shape index (κ2) is 4.26. The Labute approximate surface area is 129 Å². The van der Waals surface area contributed by atoms with Crippen LogP contribution in [0.15, 0.2) is 36.4 Å². The molecule has 0 fully saturated rings. The van der Waals surface area contributed by atoms with Gasteiger partial charge in [0.2, 0.25) is 0 Å². The Bertz CT molecular complexity index is 763. The number of aliphatic hydroxyl groups is 1. The van der Waals surface area contributed by atoms with Crippen LogP contribution in [0.5, 0.6) is 11.5 Å². The lowest BCUT2D eigenvalue weighted by molar-refractivity contribution is -0.0771. The first-order valence-corrected chi connectivity index (χ1v) is 7.83. The van der Waals surface area contributed by atoms with Crippen molar-refractivity contribution in [1.82, 2.24) is 0 Å². The molecule has 2 aromatic carbocycles. The third-order valence-corrected chi connectivity index (χ3v) is 5.70. The Hall–Kier alpha value is -2.00. The molecule has 0 aromatic heterocycles. The van der Waals surface area contributed by atoms with E-state index >= 15 is 0 Å². The van der Waals surface area contributed by atoms with Crippen LogP contribution in [0, 0.1) is 5.41 Å². The van der Waals surface area contributed by atoms with Crippen LogP contribution in [0.25, 0.3) is 0 Å². The first-order chi connectivity index (χ1) is 10.5. The molecule has 0 saturated carbocycles. The van der Waals surface area contributed by atoms with Gasteiger partial charge in [-0.25, -0.2) is 0 Å². The molecule has 4 rings (SSSR count). The maximum absolute atomic E-state index is 11.5. The summed E-state index contributed by atoms with van der Waals surface area (Å²) in [6.07, 6.45) is 2.99. The molecular weight excluding hydrogens is 276 g/mol. The largest absolute Gasteiger partial charge is 0.508 e. The molecule has 0 radical (unpaired) electrons. The number of aromatic hydroxyl groups is 2. The minimum Gasteiger partial charge on any atom is -0.508 e. The lowest BCUT2D eigenvalue weighted by Crippen LogP contribution is -2.43. The fraction of sp³-hybridized carbons (Fsp3) is 0.368. The van der Waals surface area contributed by atoms with Gasteiger partial charge in [0.15, 0.2) is 0 Å². The molecular formula is C19H20O3. The standard InChI is InChI=1S/C19H20O3/c1-2-19(22)17-8-16(21)6-4-13(17)10-18(19)9-12-3-5-15(20)7-14(12)11-18/h3-8,20-22H,2,9-11H2,1H3. The van der Waals surface area contributed by atoms with Gasteiger partial charge in [0, 0.05) is 5.41 Å². The van der Waals surface area contributed by atoms with E-state index < -0.39 is 5.60 Å². The van der Waals surface area contributed by atoms with Crippen LogP contribution in [-0.2, 0) is 24.9 Å². The molecule has 3 nitrogen and oxygen atoms in total. The molecule has 0 amide bonds. The van der Waals surface area contributed by atoms with E-state index in [1.807, 2.05) is 25.1 Å². The van der Waals surface area contributed by atoms with Gasteiger partial charge < -0.3 is 15.3 Å². The number of hydrogen-bond donors (Lipinski definition) is 3. The van der Waals surface area contributed by atoms with E-state index in [2.05, 4.69) is 0 Å². The van der Waals surface area contributed by atoms with Gasteiger partial charge in [0.05, 0.1) is 5.60 Å². The molecule has 0 bridgehead atoms. The zero-order chi connectivity index (χ0) is 15.5. The molecule has 0 saturated heterocycles. The lowest BCUT2D eigenvalue weighted by Gasteiger charge is -2.40. The Morgan fingerprint density at radius 3 is 2.18 bits per heavy atom. The Morgan fingerprint density at radius 2 is 1.45 bits per heavy atom. The van der Waals surface area contributed by atoms with Crippen LogP contribution in [0.3, 0.4) is 0 Å². The molecule has 0 aliphatic heterocycles. The summed E-state index contributed by atoms with van der Waals surface area (Å²) in [4.78, 5) is 0. The predicted molar refractivity (Wildman–Crippen MR) is 83.9 cm³/mol. The zero-order valence-electron chi connectivity index (χ0n) is 12.6. The summed E-state index contributed by atoms with van der Waals surface area (Å²) in [6.45, 7) is 2.00. The highest BCUT2D eigenvalue weighted by Gasteiger charge is 2.57. The van der Waals surface area contributed by atoms with E-state index in [0.29, 0.717) is 6.42 Å². The van der Waals surface area contributed by atoms with Gasteiger partial charge in [-0.1, -0.05) is 19.1 Å². The molecule has 2 aliphatic carbocycles. The molecule has 0 heterocycles. The maximum atomic E-state index is 11.5. The zero-order valence-corrected chi connectivity index (χ0v) is 12.6. The summed E-state index contributed by atoms with van der Waals surface area (Å²) >= 11 is 0. The van der Waals surface area contributed by atoms with Crippen LogP contribution >= 0.6 is 0 Å². The highest BCUT2D eigenvalue weighted by Crippen LogP contribution is 2.59. The second-order valence-electron chi connectivity index (χ2n) is 6.82. The topological polar surface area (TPSA) is 60.7 Å². The van der Waals surface area contributed by atoms with E-state index in [1.165, 1.54) is 5.56 Å². The van der Waals surface area contributed by atoms with Crippen molar-refractivity contribution in [2.45, 2.75) is 38.2 Å². The maximum Gasteiger partial charge on any atom is 0.115 e. The van der Waals surface area contributed by atoms with Crippen molar-refractivity contribution >= 4 is 0 Å². The van der Waals surface area contributed by atoms with E-state index in [-0.39, 0.29) is 16.9 Å². The minimum atomic E-state index is -0.935. The van der Waals surface area contributed by atoms with Crippen molar-refractivity contribution in [1.29, 1.82) is 0 Å².